The third-order valence-electron chi connectivity index (χ3n) is 5.80. The van der Waals surface area contributed by atoms with Crippen LogP contribution in [0.15, 0.2) is 78.9 Å². The molecular weight excluding hydrogens is 455 g/mol. The van der Waals surface area contributed by atoms with E-state index in [0.29, 0.717) is 11.0 Å². The number of nitrogens with two attached hydrogens (primary N) is 1. The number of nitrogen functional groups attached to an aromatic ring is 1. The number of para-hydroxylation sites is 2. The monoisotopic (exact) mass is 475 g/mol. The molecule has 0 aliphatic heterocycles. The molecule has 5 aromatic rings. The van der Waals surface area contributed by atoms with E-state index in [4.69, 9.17) is 5.73 Å². The Morgan fingerprint density at radius 1 is 0.943 bits per heavy atom. The second kappa shape index (κ2) is 8.43. The minimum Gasteiger partial charge on any atom is -0.384 e. The van der Waals surface area contributed by atoms with E-state index in [9.17, 15) is 18.0 Å². The van der Waals surface area contributed by atoms with Gasteiger partial charge in [-0.1, -0.05) is 48.5 Å². The molecule has 35 heavy (non-hydrogen) atoms. The van der Waals surface area contributed by atoms with Crippen LogP contribution < -0.4 is 11.1 Å². The van der Waals surface area contributed by atoms with E-state index in [1.807, 2.05) is 37.3 Å². The normalized spacial score (nSPS) is 12.7. The summed E-state index contributed by atoms with van der Waals surface area (Å²) < 4.78 is 41.6. The summed E-state index contributed by atoms with van der Waals surface area (Å²) in [7, 11) is 0. The van der Waals surface area contributed by atoms with Crippen molar-refractivity contribution < 1.29 is 18.0 Å². The molecule has 2 aromatic heterocycles. The number of alkyl halides is 3. The lowest BCUT2D eigenvalue weighted by molar-refractivity contribution is -0.137. The molecule has 5 rings (SSSR count). The van der Waals surface area contributed by atoms with Gasteiger partial charge in [0.05, 0.1) is 22.6 Å². The molecule has 176 valence electrons. The van der Waals surface area contributed by atoms with E-state index in [1.165, 1.54) is 16.7 Å². The van der Waals surface area contributed by atoms with E-state index in [1.54, 1.807) is 24.3 Å². The van der Waals surface area contributed by atoms with Crippen molar-refractivity contribution in [3.05, 3.63) is 95.6 Å². The van der Waals surface area contributed by atoms with E-state index >= 15 is 0 Å². The van der Waals surface area contributed by atoms with Crippen molar-refractivity contribution in [2.45, 2.75) is 19.1 Å². The van der Waals surface area contributed by atoms with Crippen molar-refractivity contribution in [2.75, 3.05) is 5.73 Å². The van der Waals surface area contributed by atoms with Crippen molar-refractivity contribution in [1.82, 2.24) is 19.9 Å². The van der Waals surface area contributed by atoms with E-state index < -0.39 is 17.6 Å². The van der Waals surface area contributed by atoms with Crippen LogP contribution in [0.3, 0.4) is 0 Å². The number of amides is 1. The maximum atomic E-state index is 13.4. The number of benzene rings is 3. The Balaban J connectivity index is 1.70. The smallest absolute Gasteiger partial charge is 0.384 e. The molecular formula is C26H20F3N5O. The van der Waals surface area contributed by atoms with Gasteiger partial charge in [0.15, 0.2) is 5.65 Å². The van der Waals surface area contributed by atoms with Crippen LogP contribution in [0.5, 0.6) is 0 Å². The lowest BCUT2D eigenvalue weighted by Crippen LogP contribution is -2.27. The summed E-state index contributed by atoms with van der Waals surface area (Å²) in [5, 5.41) is 2.91. The molecule has 0 saturated heterocycles. The van der Waals surface area contributed by atoms with Crippen LogP contribution in [0.25, 0.3) is 27.9 Å². The number of fused-ring (bicyclic) bond motifs is 2. The zero-order chi connectivity index (χ0) is 24.7. The highest BCUT2D eigenvalue weighted by atomic mass is 19.4. The van der Waals surface area contributed by atoms with Gasteiger partial charge in [-0.05, 0) is 42.8 Å². The quantitative estimate of drug-likeness (QED) is 0.351. The summed E-state index contributed by atoms with van der Waals surface area (Å²) >= 11 is 0. The summed E-state index contributed by atoms with van der Waals surface area (Å²) in [6.45, 7) is 1.83. The summed E-state index contributed by atoms with van der Waals surface area (Å²) in [5.74, 6) is -0.549. The number of aromatic nitrogens is 3. The van der Waals surface area contributed by atoms with Gasteiger partial charge in [0.25, 0.3) is 5.91 Å². The Labute approximate surface area is 198 Å². The van der Waals surface area contributed by atoms with Crippen LogP contribution in [0.4, 0.5) is 19.0 Å². The Bertz CT molecular complexity index is 1560. The highest BCUT2D eigenvalue weighted by molar-refractivity contribution is 6.11. The van der Waals surface area contributed by atoms with Crippen LogP contribution in [0.2, 0.25) is 0 Å². The molecule has 0 bridgehead atoms. The molecule has 0 spiro atoms. The van der Waals surface area contributed by atoms with Crippen LogP contribution >= 0.6 is 0 Å². The lowest BCUT2D eigenvalue weighted by atomic mass is 10.1. The number of hydrogen-bond acceptors (Lipinski definition) is 4. The van der Waals surface area contributed by atoms with Gasteiger partial charge >= 0.3 is 6.18 Å². The Kier molecular flexibility index (Phi) is 5.39. The Morgan fingerprint density at radius 3 is 2.29 bits per heavy atom. The van der Waals surface area contributed by atoms with Crippen molar-refractivity contribution in [1.29, 1.82) is 0 Å². The minimum absolute atomic E-state index is 0.0487. The van der Waals surface area contributed by atoms with Crippen molar-refractivity contribution >= 4 is 33.9 Å². The van der Waals surface area contributed by atoms with Gasteiger partial charge in [0, 0.05) is 5.69 Å². The highest BCUT2D eigenvalue weighted by Crippen LogP contribution is 2.34. The van der Waals surface area contributed by atoms with Crippen molar-refractivity contribution in [2.24, 2.45) is 0 Å². The zero-order valence-corrected chi connectivity index (χ0v) is 18.5. The molecule has 3 N–H and O–H groups in total. The van der Waals surface area contributed by atoms with E-state index in [-0.39, 0.29) is 34.3 Å². The molecule has 0 aliphatic rings. The van der Waals surface area contributed by atoms with Crippen LogP contribution in [0.1, 0.15) is 34.5 Å². The van der Waals surface area contributed by atoms with Gasteiger partial charge in [0.1, 0.15) is 16.9 Å². The van der Waals surface area contributed by atoms with Crippen LogP contribution in [-0.4, -0.2) is 20.4 Å². The largest absolute Gasteiger partial charge is 0.416 e. The van der Waals surface area contributed by atoms with Crippen LogP contribution in [-0.2, 0) is 6.18 Å². The molecule has 3 aromatic carbocycles. The zero-order valence-electron chi connectivity index (χ0n) is 18.5. The van der Waals surface area contributed by atoms with Gasteiger partial charge in [-0.3, -0.25) is 9.36 Å². The number of anilines is 1. The van der Waals surface area contributed by atoms with Crippen molar-refractivity contribution in [3.8, 4) is 5.69 Å². The third-order valence-corrected chi connectivity index (χ3v) is 5.80. The predicted octanol–water partition coefficient (Wildman–Crippen LogP) is 5.67. The van der Waals surface area contributed by atoms with E-state index in [2.05, 4.69) is 15.3 Å². The fourth-order valence-corrected chi connectivity index (χ4v) is 4.06. The molecule has 0 radical (unpaired) electrons. The molecule has 0 fully saturated rings. The number of carbonyl (C=O) groups is 1. The SMILES string of the molecule is C[C@H](NC(=O)c1c(N)n(-c2cccc(C(F)(F)F)c2)c2nc3ccccc3nc12)c1ccccc1. The van der Waals surface area contributed by atoms with Gasteiger partial charge in [0.2, 0.25) is 0 Å². The summed E-state index contributed by atoms with van der Waals surface area (Å²) in [6.07, 6.45) is -4.54. The molecule has 0 saturated carbocycles. The first kappa shape index (κ1) is 22.4. The molecule has 0 unspecified atom stereocenters. The van der Waals surface area contributed by atoms with Gasteiger partial charge in [-0.2, -0.15) is 13.2 Å². The molecule has 0 aliphatic carbocycles. The number of halogens is 3. The van der Waals surface area contributed by atoms with Gasteiger partial charge in [-0.25, -0.2) is 9.97 Å². The second-order valence-corrected chi connectivity index (χ2v) is 8.13. The Morgan fingerprint density at radius 2 is 1.60 bits per heavy atom. The summed E-state index contributed by atoms with van der Waals surface area (Å²) in [5.41, 5.74) is 8.11. The first-order valence-electron chi connectivity index (χ1n) is 10.8. The fraction of sp³-hybridized carbons (Fsp3) is 0.115. The average Bonchev–Trinajstić information content (AvgIpc) is 3.13. The molecule has 1 atom stereocenters. The minimum atomic E-state index is -4.54. The third kappa shape index (κ3) is 4.05. The van der Waals surface area contributed by atoms with Gasteiger partial charge < -0.3 is 11.1 Å². The second-order valence-electron chi connectivity index (χ2n) is 8.13. The molecule has 9 heteroatoms. The molecule has 6 nitrogen and oxygen atoms in total. The predicted molar refractivity (Wildman–Crippen MR) is 128 cm³/mol. The maximum Gasteiger partial charge on any atom is 0.416 e. The number of nitrogens with one attached hydrogen (secondary N) is 1. The summed E-state index contributed by atoms with van der Waals surface area (Å²) in [6, 6.07) is 20.8. The maximum absolute atomic E-state index is 13.4. The van der Waals surface area contributed by atoms with Crippen LogP contribution in [0, 0.1) is 0 Å². The summed E-state index contributed by atoms with van der Waals surface area (Å²) in [4.78, 5) is 22.6. The number of carbonyl (C=O) groups excluding carboxylic acids is 1. The fourth-order valence-electron chi connectivity index (χ4n) is 4.06. The Hall–Kier alpha value is -4.40. The van der Waals surface area contributed by atoms with E-state index in [0.717, 1.165) is 17.7 Å². The average molecular weight is 475 g/mol. The first-order valence-corrected chi connectivity index (χ1v) is 10.8. The topological polar surface area (TPSA) is 85.8 Å². The van der Waals surface area contributed by atoms with Crippen molar-refractivity contribution in [3.63, 3.8) is 0 Å². The first-order chi connectivity index (χ1) is 16.7. The number of nitrogens with zero attached hydrogens (tertiary/aromatic N) is 3. The molecule has 2 heterocycles. The molecule has 1 amide bonds. The highest BCUT2D eigenvalue weighted by Gasteiger charge is 2.32. The number of rotatable bonds is 4. The number of hydrogen-bond donors (Lipinski definition) is 2. The van der Waals surface area contributed by atoms with Gasteiger partial charge in [-0.15, -0.1) is 0 Å². The standard InChI is InChI=1S/C26H20F3N5O/c1-15(16-8-3-2-4-9-16)31-25(35)21-22-24(33-20-13-6-5-12-19(20)32-22)34(23(21)30)18-11-7-10-17(14-18)26(27,28)29/h2-15H,30H2,1H3,(H,31,35)/t15-/m0/s1. The lowest BCUT2D eigenvalue weighted by Gasteiger charge is -2.14.